The van der Waals surface area contributed by atoms with Gasteiger partial charge in [0.05, 0.1) is 0 Å². The van der Waals surface area contributed by atoms with Gasteiger partial charge in [0.1, 0.15) is 11.4 Å². The fourth-order valence-corrected chi connectivity index (χ4v) is 4.62. The maximum Gasteiger partial charge on any atom is 0.421 e. The predicted molar refractivity (Wildman–Crippen MR) is 135 cm³/mol. The molecule has 1 fully saturated rings. The molecule has 4 N–H and O–H groups in total. The van der Waals surface area contributed by atoms with Crippen LogP contribution in [0.4, 0.5) is 36.4 Å². The fraction of sp³-hybridized carbons (Fsp3) is 0.440. The van der Waals surface area contributed by atoms with Gasteiger partial charge < -0.3 is 16.0 Å². The topological polar surface area (TPSA) is 106 Å². The van der Waals surface area contributed by atoms with E-state index in [1.165, 1.54) is 5.56 Å². The molecule has 3 heterocycles. The Kier molecular flexibility index (Phi) is 7.30. The maximum absolute atomic E-state index is 13.6. The summed E-state index contributed by atoms with van der Waals surface area (Å²) in [5.74, 6) is 0.365. The zero-order valence-corrected chi connectivity index (χ0v) is 20.8. The SMILES string of the molecule is CC(=N)CN1CCC(c2cc(C)c(Nc3ncc(C(F)(F)F)c(Nc4cc(C)[nH]n4)n3)cc2C)CC1. The largest absolute Gasteiger partial charge is 0.421 e. The molecule has 0 amide bonds. The molecule has 0 radical (unpaired) electrons. The molecule has 2 aromatic heterocycles. The molecule has 1 aromatic carbocycles. The molecule has 0 aliphatic carbocycles. The molecular weight excluding hydrogens is 469 g/mol. The lowest BCUT2D eigenvalue weighted by Crippen LogP contribution is -2.36. The molecule has 36 heavy (non-hydrogen) atoms. The van der Waals surface area contributed by atoms with Crippen LogP contribution in [0.5, 0.6) is 0 Å². The first-order valence-electron chi connectivity index (χ1n) is 11.9. The fourth-order valence-electron chi connectivity index (χ4n) is 4.62. The number of aromatic amines is 1. The van der Waals surface area contributed by atoms with Crippen LogP contribution in [-0.2, 0) is 6.18 Å². The molecule has 0 atom stereocenters. The van der Waals surface area contributed by atoms with Crippen molar-refractivity contribution in [2.24, 2.45) is 0 Å². The second kappa shape index (κ2) is 10.3. The summed E-state index contributed by atoms with van der Waals surface area (Å²) in [6.07, 6.45) is -1.78. The Morgan fingerprint density at radius 3 is 2.44 bits per heavy atom. The summed E-state index contributed by atoms with van der Waals surface area (Å²) in [7, 11) is 0. The Morgan fingerprint density at radius 1 is 1.11 bits per heavy atom. The quantitative estimate of drug-likeness (QED) is 0.303. The van der Waals surface area contributed by atoms with E-state index in [9.17, 15) is 13.2 Å². The Labute approximate surface area is 208 Å². The van der Waals surface area contributed by atoms with Crippen LogP contribution in [-0.4, -0.2) is 50.4 Å². The third-order valence-corrected chi connectivity index (χ3v) is 6.39. The van der Waals surface area contributed by atoms with E-state index in [0.717, 1.165) is 55.5 Å². The van der Waals surface area contributed by atoms with Gasteiger partial charge in [-0.25, -0.2) is 4.98 Å². The summed E-state index contributed by atoms with van der Waals surface area (Å²) in [5, 5.41) is 20.1. The molecule has 1 saturated heterocycles. The normalized spacial score (nSPS) is 15.2. The van der Waals surface area contributed by atoms with E-state index >= 15 is 0 Å². The molecule has 0 saturated carbocycles. The van der Waals surface area contributed by atoms with Crippen LogP contribution in [0, 0.1) is 26.2 Å². The van der Waals surface area contributed by atoms with Crippen LogP contribution in [0.3, 0.4) is 0 Å². The number of H-pyrrole nitrogens is 1. The molecule has 0 spiro atoms. The molecule has 8 nitrogen and oxygen atoms in total. The first-order valence-corrected chi connectivity index (χ1v) is 11.9. The van der Waals surface area contributed by atoms with E-state index < -0.39 is 11.7 Å². The first-order chi connectivity index (χ1) is 17.0. The van der Waals surface area contributed by atoms with Crippen molar-refractivity contribution in [3.8, 4) is 0 Å². The lowest BCUT2D eigenvalue weighted by atomic mass is 9.85. The number of hydrogen-bond donors (Lipinski definition) is 4. The minimum Gasteiger partial charge on any atom is -0.324 e. The van der Waals surface area contributed by atoms with Crippen molar-refractivity contribution in [2.75, 3.05) is 30.3 Å². The van der Waals surface area contributed by atoms with Gasteiger partial charge >= 0.3 is 6.18 Å². The summed E-state index contributed by atoms with van der Waals surface area (Å²) in [5.41, 5.74) is 4.53. The highest BCUT2D eigenvalue weighted by molar-refractivity contribution is 5.80. The average Bonchev–Trinajstić information content (AvgIpc) is 3.20. The van der Waals surface area contributed by atoms with E-state index in [1.54, 1.807) is 13.0 Å². The highest BCUT2D eigenvalue weighted by Gasteiger charge is 2.35. The van der Waals surface area contributed by atoms with Gasteiger partial charge in [-0.05, 0) is 82.3 Å². The van der Waals surface area contributed by atoms with Gasteiger partial charge in [0.2, 0.25) is 5.95 Å². The number of nitrogens with zero attached hydrogens (tertiary/aromatic N) is 4. The number of benzene rings is 1. The predicted octanol–water partition coefficient (Wildman–Crippen LogP) is 5.85. The van der Waals surface area contributed by atoms with Gasteiger partial charge in [-0.3, -0.25) is 10.00 Å². The highest BCUT2D eigenvalue weighted by Crippen LogP contribution is 2.36. The van der Waals surface area contributed by atoms with Crippen molar-refractivity contribution >= 4 is 29.0 Å². The highest BCUT2D eigenvalue weighted by atomic mass is 19.4. The second-order valence-corrected chi connectivity index (χ2v) is 9.49. The first kappa shape index (κ1) is 25.6. The smallest absolute Gasteiger partial charge is 0.324 e. The molecule has 4 rings (SSSR count). The summed E-state index contributed by atoms with van der Waals surface area (Å²) in [6.45, 7) is 10.3. The number of alkyl halides is 3. The molecule has 1 aliphatic rings. The average molecular weight is 501 g/mol. The Bertz CT molecular complexity index is 1240. The Morgan fingerprint density at radius 2 is 1.83 bits per heavy atom. The van der Waals surface area contributed by atoms with Crippen molar-refractivity contribution in [1.82, 2.24) is 25.1 Å². The minimum atomic E-state index is -4.62. The third-order valence-electron chi connectivity index (χ3n) is 6.39. The Hall–Kier alpha value is -3.47. The molecule has 192 valence electrons. The van der Waals surface area contributed by atoms with Crippen LogP contribution in [0.2, 0.25) is 0 Å². The van der Waals surface area contributed by atoms with Gasteiger partial charge in [-0.2, -0.15) is 23.3 Å². The molecule has 1 aliphatic heterocycles. The zero-order valence-electron chi connectivity index (χ0n) is 20.8. The molecule has 11 heteroatoms. The van der Waals surface area contributed by atoms with Gasteiger partial charge in [-0.15, -0.1) is 0 Å². The van der Waals surface area contributed by atoms with E-state index in [4.69, 9.17) is 5.41 Å². The van der Waals surface area contributed by atoms with E-state index in [2.05, 4.69) is 48.7 Å². The second-order valence-electron chi connectivity index (χ2n) is 9.49. The van der Waals surface area contributed by atoms with Crippen molar-refractivity contribution in [3.63, 3.8) is 0 Å². The molecule has 0 unspecified atom stereocenters. The minimum absolute atomic E-state index is 0.0586. The number of aromatic nitrogens is 4. The zero-order chi connectivity index (χ0) is 26.0. The van der Waals surface area contributed by atoms with Gasteiger partial charge in [0, 0.05) is 35.9 Å². The number of aryl methyl sites for hydroxylation is 3. The summed E-state index contributed by atoms with van der Waals surface area (Å²) >= 11 is 0. The van der Waals surface area contributed by atoms with Gasteiger partial charge in [0.25, 0.3) is 0 Å². The molecule has 3 aromatic rings. The third kappa shape index (κ3) is 6.01. The van der Waals surface area contributed by atoms with Crippen LogP contribution in [0.1, 0.15) is 53.6 Å². The van der Waals surface area contributed by atoms with Crippen molar-refractivity contribution in [1.29, 1.82) is 5.41 Å². The van der Waals surface area contributed by atoms with Crippen molar-refractivity contribution < 1.29 is 13.2 Å². The summed E-state index contributed by atoms with van der Waals surface area (Å²) < 4.78 is 40.7. The van der Waals surface area contributed by atoms with Crippen LogP contribution in [0.15, 0.2) is 24.4 Å². The van der Waals surface area contributed by atoms with E-state index in [0.29, 0.717) is 17.3 Å². The van der Waals surface area contributed by atoms with Crippen LogP contribution >= 0.6 is 0 Å². The monoisotopic (exact) mass is 500 g/mol. The molecule has 0 bridgehead atoms. The van der Waals surface area contributed by atoms with Crippen molar-refractivity contribution in [2.45, 2.75) is 52.6 Å². The Balaban J connectivity index is 1.54. The maximum atomic E-state index is 13.6. The standard InChI is InChI=1S/C25H31F3N8/c1-14-10-21(15(2)9-19(14)18-5-7-36(8-6-18)13-16(3)29)31-24-30-12-20(25(26,27)28)23(33-24)32-22-11-17(4)34-35-22/h9-12,18,29H,5-8,13H2,1-4H3,(H3,30,31,32,33,34,35). The number of piperidine rings is 1. The number of rotatable bonds is 7. The summed E-state index contributed by atoms with van der Waals surface area (Å²) in [4.78, 5) is 10.4. The van der Waals surface area contributed by atoms with Gasteiger partial charge in [-0.1, -0.05) is 6.07 Å². The van der Waals surface area contributed by atoms with Crippen molar-refractivity contribution in [3.05, 3.63) is 52.3 Å². The van der Waals surface area contributed by atoms with E-state index in [1.807, 2.05) is 19.9 Å². The molecular formula is C25H31F3N8. The van der Waals surface area contributed by atoms with E-state index in [-0.39, 0.29) is 17.6 Å². The number of hydrogen-bond acceptors (Lipinski definition) is 7. The number of likely N-dealkylation sites (tertiary alicyclic amines) is 1. The van der Waals surface area contributed by atoms with Crippen LogP contribution < -0.4 is 10.6 Å². The lowest BCUT2D eigenvalue weighted by molar-refractivity contribution is -0.137. The summed E-state index contributed by atoms with van der Waals surface area (Å²) in [6, 6.07) is 5.75. The number of nitrogens with one attached hydrogen (secondary N) is 4. The number of halogens is 3. The lowest BCUT2D eigenvalue weighted by Gasteiger charge is -2.33. The number of anilines is 4. The van der Waals surface area contributed by atoms with Crippen LogP contribution in [0.25, 0.3) is 0 Å². The van der Waals surface area contributed by atoms with Gasteiger partial charge in [0.15, 0.2) is 5.82 Å².